The Hall–Kier alpha value is -4.48. The molecule has 0 aliphatic heterocycles. The van der Waals surface area contributed by atoms with Crippen molar-refractivity contribution in [1.82, 2.24) is 34.2 Å². The van der Waals surface area contributed by atoms with Crippen LogP contribution in [0.2, 0.25) is 0 Å². The second-order valence-electron chi connectivity index (χ2n) is 8.78. The van der Waals surface area contributed by atoms with Crippen molar-refractivity contribution in [3.05, 3.63) is 70.7 Å². The number of benzene rings is 1. The molecule has 0 atom stereocenters. The van der Waals surface area contributed by atoms with E-state index >= 15 is 0 Å². The number of aryl methyl sites for hydroxylation is 3. The summed E-state index contributed by atoms with van der Waals surface area (Å²) in [6, 6.07) is 7.03. The molecule has 0 unspecified atom stereocenters. The van der Waals surface area contributed by atoms with Gasteiger partial charge in [0.15, 0.2) is 0 Å². The normalized spacial score (nSPS) is 11.9. The Balaban J connectivity index is 1.60. The Kier molecular flexibility index (Phi) is 5.81. The van der Waals surface area contributed by atoms with E-state index in [1.54, 1.807) is 41.6 Å². The Bertz CT molecular complexity index is 1730. The van der Waals surface area contributed by atoms with Crippen LogP contribution in [0.25, 0.3) is 38.9 Å². The summed E-state index contributed by atoms with van der Waals surface area (Å²) >= 11 is 0. The fourth-order valence-corrected chi connectivity index (χ4v) is 4.44. The molecule has 4 aromatic heterocycles. The Morgan fingerprint density at radius 1 is 1.05 bits per heavy atom. The van der Waals surface area contributed by atoms with Gasteiger partial charge in [-0.1, -0.05) is 12.1 Å². The predicted octanol–water partition coefficient (Wildman–Crippen LogP) is 3.43. The Morgan fingerprint density at radius 2 is 1.84 bits per heavy atom. The van der Waals surface area contributed by atoms with Gasteiger partial charge in [-0.25, -0.2) is 4.79 Å². The van der Waals surface area contributed by atoms with Crippen LogP contribution in [0.4, 0.5) is 13.2 Å². The van der Waals surface area contributed by atoms with Gasteiger partial charge < -0.3 is 5.32 Å². The number of imidazole rings is 1. The van der Waals surface area contributed by atoms with Crippen LogP contribution in [0.1, 0.15) is 11.1 Å². The quantitative estimate of drug-likeness (QED) is 0.391. The van der Waals surface area contributed by atoms with Crippen molar-refractivity contribution >= 4 is 27.8 Å². The van der Waals surface area contributed by atoms with E-state index in [1.807, 2.05) is 38.3 Å². The van der Waals surface area contributed by atoms with Crippen LogP contribution in [0.5, 0.6) is 0 Å². The third-order valence-corrected chi connectivity index (χ3v) is 6.22. The van der Waals surface area contributed by atoms with Crippen molar-refractivity contribution in [2.75, 3.05) is 6.54 Å². The van der Waals surface area contributed by atoms with Crippen molar-refractivity contribution in [2.45, 2.75) is 26.6 Å². The highest BCUT2D eigenvalue weighted by Crippen LogP contribution is 2.29. The lowest BCUT2D eigenvalue weighted by molar-refractivity contribution is -0.138. The first-order chi connectivity index (χ1) is 17.5. The number of carbonyl (C=O) groups is 1. The second kappa shape index (κ2) is 8.87. The lowest BCUT2D eigenvalue weighted by Gasteiger charge is -2.11. The maximum atomic E-state index is 13.5. The standard InChI is InChI=1S/C25H22F3N7O2/c1-14-5-4-6-19-23(14)35(24(37)34(19)12-22(36)31-13-25(26,27)28)20-11-30-18(7-15(20)2)16-8-29-10-21-17(16)9-32-33(21)3/h4-11H,12-13H2,1-3H3,(H,31,36). The van der Waals surface area contributed by atoms with Crippen molar-refractivity contribution in [3.63, 3.8) is 0 Å². The number of amides is 1. The van der Waals surface area contributed by atoms with Gasteiger partial charge in [0.2, 0.25) is 5.91 Å². The smallest absolute Gasteiger partial charge is 0.345 e. The van der Waals surface area contributed by atoms with Crippen LogP contribution in [0.3, 0.4) is 0 Å². The molecule has 4 heterocycles. The van der Waals surface area contributed by atoms with E-state index in [0.717, 1.165) is 27.6 Å². The summed E-state index contributed by atoms with van der Waals surface area (Å²) in [6.07, 6.45) is 2.18. The van der Waals surface area contributed by atoms with Gasteiger partial charge in [0.05, 0.1) is 46.5 Å². The minimum Gasteiger partial charge on any atom is -0.345 e. The highest BCUT2D eigenvalue weighted by molar-refractivity contribution is 5.93. The number of fused-ring (bicyclic) bond motifs is 2. The number of carbonyl (C=O) groups excluding carboxylic acids is 1. The maximum Gasteiger partial charge on any atom is 0.405 e. The predicted molar refractivity (Wildman–Crippen MR) is 131 cm³/mol. The van der Waals surface area contributed by atoms with Crippen LogP contribution in [0.15, 0.2) is 53.8 Å². The number of hydrogen-bond acceptors (Lipinski definition) is 5. The molecular weight excluding hydrogens is 487 g/mol. The summed E-state index contributed by atoms with van der Waals surface area (Å²) in [5.41, 5.74) is 4.69. The third kappa shape index (κ3) is 4.34. The molecule has 0 radical (unpaired) electrons. The van der Waals surface area contributed by atoms with Gasteiger partial charge in [-0.2, -0.15) is 18.3 Å². The molecule has 5 rings (SSSR count). The van der Waals surface area contributed by atoms with Crippen molar-refractivity contribution in [2.24, 2.45) is 7.05 Å². The van der Waals surface area contributed by atoms with E-state index in [0.29, 0.717) is 22.4 Å². The number of alkyl halides is 3. The van der Waals surface area contributed by atoms with E-state index in [4.69, 9.17) is 0 Å². The van der Waals surface area contributed by atoms with Gasteiger partial charge in [0.1, 0.15) is 13.1 Å². The number of para-hydroxylation sites is 1. The molecule has 1 amide bonds. The van der Waals surface area contributed by atoms with Crippen molar-refractivity contribution in [1.29, 1.82) is 0 Å². The van der Waals surface area contributed by atoms with Gasteiger partial charge in [-0.3, -0.25) is 28.6 Å². The lowest BCUT2D eigenvalue weighted by atomic mass is 10.1. The second-order valence-corrected chi connectivity index (χ2v) is 8.78. The maximum absolute atomic E-state index is 13.5. The summed E-state index contributed by atoms with van der Waals surface area (Å²) in [7, 11) is 1.82. The molecular formula is C25H22F3N7O2. The largest absolute Gasteiger partial charge is 0.405 e. The topological polar surface area (TPSA) is 99.6 Å². The summed E-state index contributed by atoms with van der Waals surface area (Å²) in [5, 5.41) is 6.99. The van der Waals surface area contributed by atoms with Crippen LogP contribution >= 0.6 is 0 Å². The van der Waals surface area contributed by atoms with Gasteiger partial charge >= 0.3 is 11.9 Å². The fourth-order valence-electron chi connectivity index (χ4n) is 4.44. The van der Waals surface area contributed by atoms with Gasteiger partial charge in [-0.15, -0.1) is 0 Å². The van der Waals surface area contributed by atoms with Crippen LogP contribution in [-0.2, 0) is 18.4 Å². The Morgan fingerprint density at radius 3 is 2.57 bits per heavy atom. The first kappa shape index (κ1) is 24.2. The number of halogens is 3. The third-order valence-electron chi connectivity index (χ3n) is 6.22. The molecule has 0 saturated carbocycles. The first-order valence-electron chi connectivity index (χ1n) is 11.3. The van der Waals surface area contributed by atoms with Crippen LogP contribution < -0.4 is 11.0 Å². The highest BCUT2D eigenvalue weighted by atomic mass is 19.4. The fraction of sp³-hybridized carbons (Fsp3) is 0.240. The molecule has 1 N–H and O–H groups in total. The van der Waals surface area contributed by atoms with Crippen LogP contribution in [-0.4, -0.2) is 47.5 Å². The average molecular weight is 509 g/mol. The van der Waals surface area contributed by atoms with Crippen LogP contribution in [0, 0.1) is 13.8 Å². The number of aromatic nitrogens is 6. The molecule has 0 fully saturated rings. The molecule has 0 saturated heterocycles. The Labute approximate surface area is 208 Å². The molecule has 0 spiro atoms. The average Bonchev–Trinajstić information content (AvgIpc) is 3.36. The van der Waals surface area contributed by atoms with E-state index < -0.39 is 30.9 Å². The molecule has 1 aromatic carbocycles. The summed E-state index contributed by atoms with van der Waals surface area (Å²) in [6.45, 7) is 1.63. The summed E-state index contributed by atoms with van der Waals surface area (Å²) in [5.74, 6) is -0.915. The SMILES string of the molecule is Cc1cc(-c2cncc3c2cnn3C)ncc1-n1c(=O)n(CC(=O)NCC(F)(F)F)c2cccc(C)c21. The molecule has 0 aliphatic carbocycles. The van der Waals surface area contributed by atoms with Crippen molar-refractivity contribution in [3.8, 4) is 16.9 Å². The summed E-state index contributed by atoms with van der Waals surface area (Å²) in [4.78, 5) is 34.7. The summed E-state index contributed by atoms with van der Waals surface area (Å²) < 4.78 is 42.0. The van der Waals surface area contributed by atoms with Gasteiger partial charge in [0.25, 0.3) is 0 Å². The minimum atomic E-state index is -4.55. The molecule has 37 heavy (non-hydrogen) atoms. The zero-order valence-corrected chi connectivity index (χ0v) is 20.2. The molecule has 0 bridgehead atoms. The number of rotatable bonds is 5. The monoisotopic (exact) mass is 509 g/mol. The van der Waals surface area contributed by atoms with E-state index in [9.17, 15) is 22.8 Å². The molecule has 9 nitrogen and oxygen atoms in total. The van der Waals surface area contributed by atoms with E-state index in [-0.39, 0.29) is 0 Å². The molecule has 0 aliphatic rings. The molecule has 5 aromatic rings. The van der Waals surface area contributed by atoms with Gasteiger partial charge in [-0.05, 0) is 37.1 Å². The molecule has 12 heteroatoms. The highest BCUT2D eigenvalue weighted by Gasteiger charge is 2.28. The molecule has 190 valence electrons. The zero-order chi connectivity index (χ0) is 26.5. The van der Waals surface area contributed by atoms with E-state index in [1.165, 1.54) is 9.13 Å². The lowest BCUT2D eigenvalue weighted by Crippen LogP contribution is -2.38. The number of nitrogens with zero attached hydrogens (tertiary/aromatic N) is 6. The van der Waals surface area contributed by atoms with E-state index in [2.05, 4.69) is 15.1 Å². The minimum absolute atomic E-state index is 0.431. The number of hydrogen-bond donors (Lipinski definition) is 1. The zero-order valence-electron chi connectivity index (χ0n) is 20.2. The number of pyridine rings is 2. The van der Waals surface area contributed by atoms with Crippen molar-refractivity contribution < 1.29 is 18.0 Å². The number of nitrogens with one attached hydrogen (secondary N) is 1. The first-order valence-corrected chi connectivity index (χ1v) is 11.3. The van der Waals surface area contributed by atoms with Gasteiger partial charge in [0, 0.05) is 24.2 Å².